The first-order valence-corrected chi connectivity index (χ1v) is 9.76. The van der Waals surface area contributed by atoms with Gasteiger partial charge < -0.3 is 11.1 Å². The van der Waals surface area contributed by atoms with Gasteiger partial charge in [-0.1, -0.05) is 66.7 Å². The van der Waals surface area contributed by atoms with Crippen LogP contribution in [0.4, 0.5) is 5.69 Å². The number of thiazole rings is 1. The zero-order valence-electron chi connectivity index (χ0n) is 15.3. The molecule has 0 unspecified atom stereocenters. The molecule has 3 N–H and O–H groups in total. The Bertz CT molecular complexity index is 1170. The maximum Gasteiger partial charge on any atom is 0.268 e. The predicted molar refractivity (Wildman–Crippen MR) is 116 cm³/mol. The second-order valence-corrected chi connectivity index (χ2v) is 7.33. The van der Waals surface area contributed by atoms with E-state index < -0.39 is 5.91 Å². The third kappa shape index (κ3) is 4.07. The number of hydrogen-bond acceptors (Lipinski definition) is 4. The Labute approximate surface area is 171 Å². The van der Waals surface area contributed by atoms with Crippen molar-refractivity contribution >= 4 is 28.8 Å². The molecule has 0 spiro atoms. The number of hydrogen-bond donors (Lipinski definition) is 2. The molecule has 5 nitrogen and oxygen atoms in total. The molecule has 0 aliphatic rings. The molecule has 29 heavy (non-hydrogen) atoms. The van der Waals surface area contributed by atoms with Crippen LogP contribution in [0.3, 0.4) is 0 Å². The second kappa shape index (κ2) is 8.08. The Kier molecular flexibility index (Phi) is 5.18. The Morgan fingerprint density at radius 3 is 2.14 bits per heavy atom. The summed E-state index contributed by atoms with van der Waals surface area (Å²) in [6.45, 7) is 0. The van der Waals surface area contributed by atoms with Crippen molar-refractivity contribution in [1.29, 1.82) is 0 Å². The highest BCUT2D eigenvalue weighted by Crippen LogP contribution is 2.34. The molecule has 6 heteroatoms. The summed E-state index contributed by atoms with van der Waals surface area (Å²) in [6.07, 6.45) is 0. The molecule has 1 aromatic heterocycles. The molecule has 2 amide bonds. The van der Waals surface area contributed by atoms with Crippen molar-refractivity contribution in [3.8, 4) is 21.8 Å². The van der Waals surface area contributed by atoms with Gasteiger partial charge in [-0.05, 0) is 18.2 Å². The Morgan fingerprint density at radius 2 is 1.48 bits per heavy atom. The summed E-state index contributed by atoms with van der Waals surface area (Å²) in [5.74, 6) is -0.833. The van der Waals surface area contributed by atoms with Crippen molar-refractivity contribution in [2.45, 2.75) is 0 Å². The fourth-order valence-electron chi connectivity index (χ4n) is 2.91. The fourth-order valence-corrected chi connectivity index (χ4v) is 3.90. The molecule has 0 bridgehead atoms. The lowest BCUT2D eigenvalue weighted by Crippen LogP contribution is -2.14. The molecule has 0 saturated carbocycles. The van der Waals surface area contributed by atoms with E-state index in [0.717, 1.165) is 16.1 Å². The first-order valence-electron chi connectivity index (χ1n) is 8.95. The smallest absolute Gasteiger partial charge is 0.268 e. The van der Waals surface area contributed by atoms with Crippen LogP contribution in [-0.4, -0.2) is 16.8 Å². The number of benzene rings is 3. The maximum atomic E-state index is 13.1. The SMILES string of the molecule is NC(=O)c1cccc(NC(=O)c2sc(-c3ccccc3)nc2-c2ccccc2)c1. The number of nitrogens with zero attached hydrogens (tertiary/aromatic N) is 1. The number of primary amides is 1. The van der Waals surface area contributed by atoms with Gasteiger partial charge in [0.15, 0.2) is 0 Å². The molecule has 4 aromatic rings. The third-order valence-electron chi connectivity index (χ3n) is 4.31. The van der Waals surface area contributed by atoms with Gasteiger partial charge in [-0.3, -0.25) is 9.59 Å². The van der Waals surface area contributed by atoms with E-state index in [9.17, 15) is 9.59 Å². The summed E-state index contributed by atoms with van der Waals surface area (Å²) in [7, 11) is 0. The van der Waals surface area contributed by atoms with E-state index >= 15 is 0 Å². The lowest BCUT2D eigenvalue weighted by Gasteiger charge is -2.06. The minimum Gasteiger partial charge on any atom is -0.366 e. The zero-order valence-corrected chi connectivity index (χ0v) is 16.1. The number of anilines is 1. The molecule has 0 fully saturated rings. The van der Waals surface area contributed by atoms with Crippen molar-refractivity contribution in [3.05, 3.63) is 95.4 Å². The lowest BCUT2D eigenvalue weighted by atomic mass is 10.1. The molecule has 0 radical (unpaired) electrons. The van der Waals surface area contributed by atoms with Crippen molar-refractivity contribution in [2.75, 3.05) is 5.32 Å². The van der Waals surface area contributed by atoms with Crippen LogP contribution in [0.15, 0.2) is 84.9 Å². The van der Waals surface area contributed by atoms with Gasteiger partial charge in [-0.15, -0.1) is 11.3 Å². The van der Waals surface area contributed by atoms with Crippen LogP contribution in [0.25, 0.3) is 21.8 Å². The summed E-state index contributed by atoms with van der Waals surface area (Å²) < 4.78 is 0. The highest BCUT2D eigenvalue weighted by Gasteiger charge is 2.20. The average molecular weight is 399 g/mol. The number of nitrogens with two attached hydrogens (primary N) is 1. The van der Waals surface area contributed by atoms with Gasteiger partial charge in [0, 0.05) is 22.4 Å². The number of carbonyl (C=O) groups excluding carboxylic acids is 2. The van der Waals surface area contributed by atoms with Crippen molar-refractivity contribution < 1.29 is 9.59 Å². The number of nitrogens with one attached hydrogen (secondary N) is 1. The van der Waals surface area contributed by atoms with E-state index in [1.54, 1.807) is 24.3 Å². The monoisotopic (exact) mass is 399 g/mol. The quantitative estimate of drug-likeness (QED) is 0.504. The summed E-state index contributed by atoms with van der Waals surface area (Å²) in [4.78, 5) is 29.7. The minimum atomic E-state index is -0.546. The zero-order chi connectivity index (χ0) is 20.2. The summed E-state index contributed by atoms with van der Waals surface area (Å²) in [5, 5.41) is 3.62. The number of aromatic nitrogens is 1. The molecular formula is C23H17N3O2S. The van der Waals surface area contributed by atoms with Crippen LogP contribution >= 0.6 is 11.3 Å². The molecule has 1 heterocycles. The van der Waals surface area contributed by atoms with Crippen LogP contribution in [0.2, 0.25) is 0 Å². The van der Waals surface area contributed by atoms with Crippen molar-refractivity contribution in [3.63, 3.8) is 0 Å². The average Bonchev–Trinajstić information content (AvgIpc) is 3.21. The van der Waals surface area contributed by atoms with E-state index in [4.69, 9.17) is 10.7 Å². The van der Waals surface area contributed by atoms with Crippen LogP contribution in [0, 0.1) is 0 Å². The number of carbonyl (C=O) groups is 2. The highest BCUT2D eigenvalue weighted by molar-refractivity contribution is 7.17. The summed E-state index contributed by atoms with van der Waals surface area (Å²) >= 11 is 1.33. The molecular weight excluding hydrogens is 382 g/mol. The third-order valence-corrected chi connectivity index (χ3v) is 5.41. The van der Waals surface area contributed by atoms with Crippen LogP contribution < -0.4 is 11.1 Å². The molecule has 0 saturated heterocycles. The summed E-state index contributed by atoms with van der Waals surface area (Å²) in [5.41, 5.74) is 8.60. The van der Waals surface area contributed by atoms with Crippen LogP contribution in [0.1, 0.15) is 20.0 Å². The maximum absolute atomic E-state index is 13.1. The highest BCUT2D eigenvalue weighted by atomic mass is 32.1. The van der Waals surface area contributed by atoms with E-state index in [1.165, 1.54) is 11.3 Å². The minimum absolute atomic E-state index is 0.287. The van der Waals surface area contributed by atoms with E-state index in [0.29, 0.717) is 21.8 Å². The second-order valence-electron chi connectivity index (χ2n) is 6.33. The van der Waals surface area contributed by atoms with Gasteiger partial charge in [0.05, 0.1) is 5.69 Å². The Morgan fingerprint density at radius 1 is 0.828 bits per heavy atom. The number of rotatable bonds is 5. The topological polar surface area (TPSA) is 85.1 Å². The molecule has 0 aliphatic carbocycles. The largest absolute Gasteiger partial charge is 0.366 e. The molecule has 0 aliphatic heterocycles. The summed E-state index contributed by atoms with van der Waals surface area (Å²) in [6, 6.07) is 25.9. The standard InChI is InChI=1S/C23H17N3O2S/c24-21(27)17-12-7-13-18(14-17)25-22(28)20-19(15-8-3-1-4-9-15)26-23(29-20)16-10-5-2-6-11-16/h1-14H,(H2,24,27)(H,25,28). The van der Waals surface area contributed by atoms with Crippen molar-refractivity contribution in [1.82, 2.24) is 4.98 Å². The van der Waals surface area contributed by atoms with Crippen molar-refractivity contribution in [2.24, 2.45) is 5.73 Å². The molecule has 142 valence electrons. The lowest BCUT2D eigenvalue weighted by molar-refractivity contribution is 0.0996. The predicted octanol–water partition coefficient (Wildman–Crippen LogP) is 4.83. The van der Waals surface area contributed by atoms with Gasteiger partial charge >= 0.3 is 0 Å². The normalized spacial score (nSPS) is 10.5. The molecule has 0 atom stereocenters. The van der Waals surface area contributed by atoms with E-state index in [-0.39, 0.29) is 5.91 Å². The van der Waals surface area contributed by atoms with E-state index in [1.807, 2.05) is 60.7 Å². The van der Waals surface area contributed by atoms with Gasteiger partial charge in [-0.2, -0.15) is 0 Å². The first kappa shape index (κ1) is 18.6. The van der Waals surface area contributed by atoms with Gasteiger partial charge in [-0.25, -0.2) is 4.98 Å². The molecule has 3 aromatic carbocycles. The van der Waals surface area contributed by atoms with Gasteiger partial charge in [0.2, 0.25) is 5.91 Å². The first-order chi connectivity index (χ1) is 14.1. The number of amides is 2. The Hall–Kier alpha value is -3.77. The van der Waals surface area contributed by atoms with Crippen LogP contribution in [-0.2, 0) is 0 Å². The van der Waals surface area contributed by atoms with Gasteiger partial charge in [0.25, 0.3) is 5.91 Å². The molecule has 4 rings (SSSR count). The fraction of sp³-hybridized carbons (Fsp3) is 0. The van der Waals surface area contributed by atoms with E-state index in [2.05, 4.69) is 5.32 Å². The Balaban J connectivity index is 1.73. The van der Waals surface area contributed by atoms with Gasteiger partial charge in [0.1, 0.15) is 9.88 Å². The van der Waals surface area contributed by atoms with Crippen LogP contribution in [0.5, 0.6) is 0 Å².